The van der Waals surface area contributed by atoms with Gasteiger partial charge in [-0.2, -0.15) is 0 Å². The minimum Gasteiger partial charge on any atom is -0.493 e. The first-order valence-corrected chi connectivity index (χ1v) is 10.4. The molecule has 1 N–H and O–H groups in total. The minimum absolute atomic E-state index is 0.227. The van der Waals surface area contributed by atoms with Gasteiger partial charge in [-0.25, -0.2) is 0 Å². The van der Waals surface area contributed by atoms with E-state index >= 15 is 0 Å². The molecule has 1 atom stereocenters. The summed E-state index contributed by atoms with van der Waals surface area (Å²) in [6, 6.07) is 11.4. The van der Waals surface area contributed by atoms with Gasteiger partial charge in [-0.3, -0.25) is 9.59 Å². The molecule has 4 rings (SSSR count). The highest BCUT2D eigenvalue weighted by Gasteiger charge is 2.35. The van der Waals surface area contributed by atoms with Crippen LogP contribution in [0.5, 0.6) is 11.5 Å². The zero-order chi connectivity index (χ0) is 22.8. The van der Waals surface area contributed by atoms with Crippen molar-refractivity contribution < 1.29 is 23.6 Å². The van der Waals surface area contributed by atoms with Gasteiger partial charge in [0.15, 0.2) is 17.3 Å². The summed E-state index contributed by atoms with van der Waals surface area (Å²) in [5, 5.41) is 7.45. The number of rotatable bonds is 5. The number of fused-ring (bicyclic) bond motifs is 1. The number of hydrogen-bond donors (Lipinski definition) is 1. The van der Waals surface area contributed by atoms with E-state index in [4.69, 9.17) is 25.6 Å². The smallest absolute Gasteiger partial charge is 0.258 e. The highest BCUT2D eigenvalue weighted by molar-refractivity contribution is 6.33. The van der Waals surface area contributed by atoms with Crippen LogP contribution < -0.4 is 19.7 Å². The lowest BCUT2D eigenvalue weighted by Crippen LogP contribution is -2.41. The Labute approximate surface area is 190 Å². The molecule has 0 fully saturated rings. The number of hydrogen-bond acceptors (Lipinski definition) is 6. The van der Waals surface area contributed by atoms with Crippen molar-refractivity contribution in [3.63, 3.8) is 0 Å². The average Bonchev–Trinajstić information content (AvgIpc) is 3.20. The van der Waals surface area contributed by atoms with Crippen LogP contribution in [0.4, 0.5) is 5.69 Å². The Balaban J connectivity index is 1.61. The highest BCUT2D eigenvalue weighted by Crippen LogP contribution is 2.38. The predicted octanol–water partition coefficient (Wildman–Crippen LogP) is 4.18. The molecule has 2 amide bonds. The van der Waals surface area contributed by atoms with E-state index in [1.807, 2.05) is 0 Å². The SMILES string of the molecule is COc1ccc(C(=O)N2CCC(NC(=O)c3ccccc3Cl)c3noc(C)c32)cc1OC. The molecule has 0 saturated carbocycles. The van der Waals surface area contributed by atoms with Gasteiger partial charge in [-0.05, 0) is 43.7 Å². The summed E-state index contributed by atoms with van der Waals surface area (Å²) in [4.78, 5) is 27.7. The first kappa shape index (κ1) is 21.7. The standard InChI is InChI=1S/C23H22ClN3O5/c1-13-21-20(26-32-13)17(25-22(28)15-6-4-5-7-16(15)24)10-11-27(21)23(29)14-8-9-18(30-2)19(12-14)31-3/h4-9,12,17H,10-11H2,1-3H3,(H,25,28). The summed E-state index contributed by atoms with van der Waals surface area (Å²) in [5.74, 6) is 0.946. The molecule has 1 unspecified atom stereocenters. The van der Waals surface area contributed by atoms with Gasteiger partial charge in [0.05, 0.1) is 30.8 Å². The van der Waals surface area contributed by atoms with Gasteiger partial charge in [-0.1, -0.05) is 28.9 Å². The van der Waals surface area contributed by atoms with Crippen LogP contribution in [-0.4, -0.2) is 37.7 Å². The molecule has 32 heavy (non-hydrogen) atoms. The van der Waals surface area contributed by atoms with Crippen LogP contribution in [0, 0.1) is 6.92 Å². The van der Waals surface area contributed by atoms with Crippen LogP contribution in [0.3, 0.4) is 0 Å². The van der Waals surface area contributed by atoms with Crippen LogP contribution in [0.1, 0.15) is 44.6 Å². The van der Waals surface area contributed by atoms with Gasteiger partial charge >= 0.3 is 0 Å². The summed E-state index contributed by atoms with van der Waals surface area (Å²) in [5.41, 5.74) is 1.87. The minimum atomic E-state index is -0.416. The molecule has 8 nitrogen and oxygen atoms in total. The lowest BCUT2D eigenvalue weighted by Gasteiger charge is -2.31. The molecule has 3 aromatic rings. The Kier molecular flexibility index (Phi) is 6.05. The lowest BCUT2D eigenvalue weighted by molar-refractivity contribution is 0.0932. The first-order valence-electron chi connectivity index (χ1n) is 10.00. The lowest BCUT2D eigenvalue weighted by atomic mass is 10.0. The molecular formula is C23H22ClN3O5. The van der Waals surface area contributed by atoms with Gasteiger partial charge in [0.25, 0.3) is 11.8 Å². The molecule has 0 radical (unpaired) electrons. The number of methoxy groups -OCH3 is 2. The topological polar surface area (TPSA) is 93.9 Å². The quantitative estimate of drug-likeness (QED) is 0.620. The number of ether oxygens (including phenoxy) is 2. The molecule has 1 aliphatic rings. The van der Waals surface area contributed by atoms with E-state index < -0.39 is 6.04 Å². The number of nitrogens with zero attached hydrogens (tertiary/aromatic N) is 2. The third-order valence-corrected chi connectivity index (χ3v) is 5.73. The predicted molar refractivity (Wildman–Crippen MR) is 119 cm³/mol. The van der Waals surface area contributed by atoms with Crippen molar-refractivity contribution in [1.82, 2.24) is 10.5 Å². The third kappa shape index (κ3) is 3.89. The van der Waals surface area contributed by atoms with Crippen LogP contribution in [0.15, 0.2) is 47.0 Å². The van der Waals surface area contributed by atoms with E-state index in [2.05, 4.69) is 10.5 Å². The second kappa shape index (κ2) is 8.92. The van der Waals surface area contributed by atoms with Crippen molar-refractivity contribution in [1.29, 1.82) is 0 Å². The van der Waals surface area contributed by atoms with E-state index in [9.17, 15) is 9.59 Å². The maximum absolute atomic E-state index is 13.3. The number of aromatic nitrogens is 1. The van der Waals surface area contributed by atoms with Gasteiger partial charge in [-0.15, -0.1) is 0 Å². The summed E-state index contributed by atoms with van der Waals surface area (Å²) >= 11 is 6.15. The van der Waals surface area contributed by atoms with Crippen LogP contribution >= 0.6 is 11.6 Å². The second-order valence-electron chi connectivity index (χ2n) is 7.29. The van der Waals surface area contributed by atoms with Crippen molar-refractivity contribution in [2.45, 2.75) is 19.4 Å². The zero-order valence-corrected chi connectivity index (χ0v) is 18.6. The van der Waals surface area contributed by atoms with E-state index in [1.165, 1.54) is 14.2 Å². The summed E-state index contributed by atoms with van der Waals surface area (Å²) in [7, 11) is 3.05. The van der Waals surface area contributed by atoms with E-state index in [1.54, 1.807) is 54.3 Å². The molecule has 0 spiro atoms. The highest BCUT2D eigenvalue weighted by atomic mass is 35.5. The number of aryl methyl sites for hydroxylation is 1. The number of amides is 2. The maximum Gasteiger partial charge on any atom is 0.258 e. The molecule has 2 aromatic carbocycles. The van der Waals surface area contributed by atoms with Gasteiger partial charge in [0.1, 0.15) is 11.4 Å². The van der Waals surface area contributed by atoms with Crippen molar-refractivity contribution in [3.8, 4) is 11.5 Å². The summed E-state index contributed by atoms with van der Waals surface area (Å²) < 4.78 is 16.0. The van der Waals surface area contributed by atoms with Crippen LogP contribution in [-0.2, 0) is 0 Å². The van der Waals surface area contributed by atoms with Gasteiger partial charge in [0.2, 0.25) is 0 Å². The molecular weight excluding hydrogens is 434 g/mol. The van der Waals surface area contributed by atoms with E-state index in [-0.39, 0.29) is 11.8 Å². The Hall–Kier alpha value is -3.52. The zero-order valence-electron chi connectivity index (χ0n) is 17.8. The molecule has 1 aliphatic heterocycles. The molecule has 1 aromatic heterocycles. The normalized spacial score (nSPS) is 15.1. The van der Waals surface area contributed by atoms with E-state index in [0.717, 1.165) is 0 Å². The fourth-order valence-corrected chi connectivity index (χ4v) is 4.02. The largest absolute Gasteiger partial charge is 0.493 e. The number of carbonyl (C=O) groups excluding carboxylic acids is 2. The Bertz CT molecular complexity index is 1180. The number of nitrogens with one attached hydrogen (secondary N) is 1. The monoisotopic (exact) mass is 455 g/mol. The fraction of sp³-hybridized carbons (Fsp3) is 0.261. The Morgan fingerprint density at radius 1 is 1.16 bits per heavy atom. The third-order valence-electron chi connectivity index (χ3n) is 5.40. The molecule has 0 aliphatic carbocycles. The first-order chi connectivity index (χ1) is 15.4. The second-order valence-corrected chi connectivity index (χ2v) is 7.70. The fourth-order valence-electron chi connectivity index (χ4n) is 3.80. The van der Waals surface area contributed by atoms with Crippen LogP contribution in [0.25, 0.3) is 0 Å². The Morgan fingerprint density at radius 2 is 1.91 bits per heavy atom. The van der Waals surface area contributed by atoms with Crippen molar-refractivity contribution in [3.05, 3.63) is 70.1 Å². The summed E-state index contributed by atoms with van der Waals surface area (Å²) in [6.07, 6.45) is 0.466. The summed E-state index contributed by atoms with van der Waals surface area (Å²) in [6.45, 7) is 2.11. The van der Waals surface area contributed by atoms with Crippen molar-refractivity contribution in [2.24, 2.45) is 0 Å². The maximum atomic E-state index is 13.3. The number of carbonyl (C=O) groups is 2. The molecule has 0 bridgehead atoms. The Morgan fingerprint density at radius 3 is 2.62 bits per heavy atom. The van der Waals surface area contributed by atoms with E-state index in [0.29, 0.717) is 57.8 Å². The van der Waals surface area contributed by atoms with Crippen LogP contribution in [0.2, 0.25) is 5.02 Å². The van der Waals surface area contributed by atoms with Crippen molar-refractivity contribution >= 4 is 29.1 Å². The van der Waals surface area contributed by atoms with Gasteiger partial charge < -0.3 is 24.2 Å². The van der Waals surface area contributed by atoms with Crippen molar-refractivity contribution in [2.75, 3.05) is 25.7 Å². The van der Waals surface area contributed by atoms with Gasteiger partial charge in [0, 0.05) is 12.1 Å². The number of halogens is 1. The molecule has 9 heteroatoms. The molecule has 0 saturated heterocycles. The molecule has 166 valence electrons. The average molecular weight is 456 g/mol. The number of benzene rings is 2. The molecule has 2 heterocycles. The number of anilines is 1.